The Morgan fingerprint density at radius 2 is 1.71 bits per heavy atom. The van der Waals surface area contributed by atoms with Crippen LogP contribution >= 0.6 is 0 Å². The van der Waals surface area contributed by atoms with Gasteiger partial charge in [0, 0.05) is 6.04 Å². The number of sulfonamides is 1. The normalized spacial score (nSPS) is 12.7. The van der Waals surface area contributed by atoms with Crippen LogP contribution in [0.3, 0.4) is 0 Å². The maximum atomic E-state index is 12.8. The molecule has 0 heterocycles. The number of hydrogen-bond donors (Lipinski definition) is 1. The van der Waals surface area contributed by atoms with Crippen molar-refractivity contribution in [3.8, 4) is 11.5 Å². The highest BCUT2D eigenvalue weighted by molar-refractivity contribution is 7.89. The number of aryl methyl sites for hydroxylation is 1. The lowest BCUT2D eigenvalue weighted by molar-refractivity contribution is 0.401. The maximum Gasteiger partial charge on any atom is 0.244 e. The van der Waals surface area contributed by atoms with Crippen molar-refractivity contribution in [3.63, 3.8) is 0 Å². The lowest BCUT2D eigenvalue weighted by Crippen LogP contribution is -2.28. The van der Waals surface area contributed by atoms with Crippen molar-refractivity contribution in [1.29, 1.82) is 0 Å². The number of benzene rings is 2. The third-order valence-corrected chi connectivity index (χ3v) is 5.33. The van der Waals surface area contributed by atoms with Gasteiger partial charge >= 0.3 is 0 Å². The van der Waals surface area contributed by atoms with Crippen LogP contribution in [0, 0.1) is 6.92 Å². The second-order valence-corrected chi connectivity index (χ2v) is 7.19. The summed E-state index contributed by atoms with van der Waals surface area (Å²) >= 11 is 0. The first-order chi connectivity index (χ1) is 11.4. The summed E-state index contributed by atoms with van der Waals surface area (Å²) in [5.41, 5.74) is 1.74. The van der Waals surface area contributed by atoms with E-state index in [9.17, 15) is 8.42 Å². The Bertz CT molecular complexity index is 785. The van der Waals surface area contributed by atoms with Crippen molar-refractivity contribution >= 4 is 10.0 Å². The Morgan fingerprint density at radius 3 is 2.25 bits per heavy atom. The predicted octanol–water partition coefficient (Wildman–Crippen LogP) is 3.44. The molecular formula is C18H23NO4S. The highest BCUT2D eigenvalue weighted by atomic mass is 32.2. The Labute approximate surface area is 143 Å². The molecule has 2 rings (SSSR count). The van der Waals surface area contributed by atoms with Crippen molar-refractivity contribution in [2.45, 2.75) is 31.2 Å². The van der Waals surface area contributed by atoms with E-state index in [4.69, 9.17) is 9.47 Å². The molecule has 24 heavy (non-hydrogen) atoms. The van der Waals surface area contributed by atoms with Crippen LogP contribution in [0.2, 0.25) is 0 Å². The molecule has 0 amide bonds. The van der Waals surface area contributed by atoms with E-state index >= 15 is 0 Å². The third kappa shape index (κ3) is 4.07. The molecule has 0 aromatic heterocycles. The fourth-order valence-corrected chi connectivity index (χ4v) is 4.03. The molecule has 0 unspecified atom stereocenters. The highest BCUT2D eigenvalue weighted by Crippen LogP contribution is 2.28. The molecule has 0 saturated heterocycles. The van der Waals surface area contributed by atoms with Gasteiger partial charge in [-0.1, -0.05) is 25.1 Å². The molecule has 5 nitrogen and oxygen atoms in total. The number of ether oxygens (including phenoxy) is 2. The van der Waals surface area contributed by atoms with Gasteiger partial charge in [0.25, 0.3) is 0 Å². The molecule has 0 aliphatic rings. The van der Waals surface area contributed by atoms with Crippen LogP contribution in [0.1, 0.15) is 30.5 Å². The van der Waals surface area contributed by atoms with Crippen LogP contribution in [-0.4, -0.2) is 22.6 Å². The van der Waals surface area contributed by atoms with Gasteiger partial charge in [0.1, 0.15) is 16.4 Å². The standard InChI is InChI=1S/C18H23NO4S/c1-5-16(14-7-9-15(22-3)10-8-14)19-24(20,21)18-12-13(2)6-11-17(18)23-4/h6-12,16,19H,5H2,1-4H3/t16-/m0/s1. The molecule has 0 bridgehead atoms. The zero-order chi connectivity index (χ0) is 17.7. The average molecular weight is 349 g/mol. The van der Waals surface area contributed by atoms with E-state index in [0.29, 0.717) is 12.2 Å². The number of rotatable bonds is 7. The fraction of sp³-hybridized carbons (Fsp3) is 0.333. The van der Waals surface area contributed by atoms with Crippen molar-refractivity contribution in [2.24, 2.45) is 0 Å². The van der Waals surface area contributed by atoms with Crippen LogP contribution < -0.4 is 14.2 Å². The van der Waals surface area contributed by atoms with Crippen LogP contribution in [-0.2, 0) is 10.0 Å². The molecule has 130 valence electrons. The molecule has 1 atom stereocenters. The van der Waals surface area contributed by atoms with Crippen LogP contribution in [0.4, 0.5) is 0 Å². The summed E-state index contributed by atoms with van der Waals surface area (Å²) < 4.78 is 38.7. The molecular weight excluding hydrogens is 326 g/mol. The van der Waals surface area contributed by atoms with E-state index in [1.54, 1.807) is 19.2 Å². The molecule has 1 N–H and O–H groups in total. The molecule has 0 radical (unpaired) electrons. The van der Waals surface area contributed by atoms with Gasteiger partial charge in [-0.3, -0.25) is 0 Å². The van der Waals surface area contributed by atoms with E-state index in [2.05, 4.69) is 4.72 Å². The molecule has 2 aromatic rings. The summed E-state index contributed by atoms with van der Waals surface area (Å²) in [4.78, 5) is 0.150. The maximum absolute atomic E-state index is 12.8. The fourth-order valence-electron chi connectivity index (χ4n) is 2.47. The highest BCUT2D eigenvalue weighted by Gasteiger charge is 2.24. The van der Waals surface area contributed by atoms with Crippen molar-refractivity contribution < 1.29 is 17.9 Å². The van der Waals surface area contributed by atoms with Crippen LogP contribution in [0.5, 0.6) is 11.5 Å². The summed E-state index contributed by atoms with van der Waals surface area (Å²) in [6.07, 6.45) is 0.625. The van der Waals surface area contributed by atoms with Crippen LogP contribution in [0.15, 0.2) is 47.4 Å². The zero-order valence-corrected chi connectivity index (χ0v) is 15.2. The third-order valence-electron chi connectivity index (χ3n) is 3.83. The molecule has 0 saturated carbocycles. The van der Waals surface area contributed by atoms with E-state index in [1.165, 1.54) is 7.11 Å². The summed E-state index contributed by atoms with van der Waals surface area (Å²) in [5.74, 6) is 1.06. The van der Waals surface area contributed by atoms with Gasteiger partial charge in [-0.25, -0.2) is 13.1 Å². The van der Waals surface area contributed by atoms with Gasteiger partial charge in [-0.2, -0.15) is 0 Å². The zero-order valence-electron chi connectivity index (χ0n) is 14.4. The van der Waals surface area contributed by atoms with E-state index in [-0.39, 0.29) is 10.9 Å². The van der Waals surface area contributed by atoms with Gasteiger partial charge in [0.05, 0.1) is 14.2 Å². The van der Waals surface area contributed by atoms with Gasteiger partial charge in [-0.15, -0.1) is 0 Å². The molecule has 0 fully saturated rings. The minimum absolute atomic E-state index is 0.150. The first kappa shape index (κ1) is 18.3. The average Bonchev–Trinajstić information content (AvgIpc) is 2.59. The lowest BCUT2D eigenvalue weighted by atomic mass is 10.1. The number of nitrogens with one attached hydrogen (secondary N) is 1. The van der Waals surface area contributed by atoms with Crippen molar-refractivity contribution in [3.05, 3.63) is 53.6 Å². The number of methoxy groups -OCH3 is 2. The minimum Gasteiger partial charge on any atom is -0.497 e. The number of hydrogen-bond acceptors (Lipinski definition) is 4. The van der Waals surface area contributed by atoms with E-state index in [0.717, 1.165) is 16.9 Å². The van der Waals surface area contributed by atoms with Gasteiger partial charge in [0.2, 0.25) is 10.0 Å². The summed E-state index contributed by atoms with van der Waals surface area (Å²) in [7, 11) is -0.648. The molecule has 0 aliphatic carbocycles. The van der Waals surface area contributed by atoms with Crippen molar-refractivity contribution in [2.75, 3.05) is 14.2 Å². The molecule has 2 aromatic carbocycles. The largest absolute Gasteiger partial charge is 0.497 e. The van der Waals surface area contributed by atoms with Gasteiger partial charge in [0.15, 0.2) is 0 Å². The molecule has 0 aliphatic heterocycles. The quantitative estimate of drug-likeness (QED) is 0.832. The smallest absolute Gasteiger partial charge is 0.244 e. The Hall–Kier alpha value is -2.05. The Kier molecular flexibility index (Phi) is 5.85. The van der Waals surface area contributed by atoms with Crippen molar-refractivity contribution in [1.82, 2.24) is 4.72 Å². The van der Waals surface area contributed by atoms with Gasteiger partial charge in [-0.05, 0) is 48.7 Å². The summed E-state index contributed by atoms with van der Waals surface area (Å²) in [5, 5.41) is 0. The minimum atomic E-state index is -3.71. The second-order valence-electron chi connectivity index (χ2n) is 5.51. The summed E-state index contributed by atoms with van der Waals surface area (Å²) in [6, 6.07) is 12.1. The molecule has 0 spiro atoms. The Balaban J connectivity index is 2.33. The monoisotopic (exact) mass is 349 g/mol. The first-order valence-corrected chi connectivity index (χ1v) is 9.20. The second kappa shape index (κ2) is 7.68. The van der Waals surface area contributed by atoms with E-state index < -0.39 is 10.0 Å². The SMILES string of the molecule is CC[C@H](NS(=O)(=O)c1cc(C)ccc1OC)c1ccc(OC)cc1. The lowest BCUT2D eigenvalue weighted by Gasteiger charge is -2.19. The summed E-state index contributed by atoms with van der Waals surface area (Å²) in [6.45, 7) is 3.78. The van der Waals surface area contributed by atoms with Gasteiger partial charge < -0.3 is 9.47 Å². The predicted molar refractivity (Wildman–Crippen MR) is 94.1 cm³/mol. The van der Waals surface area contributed by atoms with E-state index in [1.807, 2.05) is 44.2 Å². The topological polar surface area (TPSA) is 64.6 Å². The Morgan fingerprint density at radius 1 is 1.04 bits per heavy atom. The first-order valence-electron chi connectivity index (χ1n) is 7.72. The molecule has 6 heteroatoms. The van der Waals surface area contributed by atoms with Crippen LogP contribution in [0.25, 0.3) is 0 Å².